The Bertz CT molecular complexity index is 211. The molecule has 0 aromatic heterocycles. The summed E-state index contributed by atoms with van der Waals surface area (Å²) in [6.45, 7) is 4.09. The van der Waals surface area contributed by atoms with Gasteiger partial charge in [0, 0.05) is 31.0 Å². The summed E-state index contributed by atoms with van der Waals surface area (Å²) in [5, 5.41) is 3.37. The summed E-state index contributed by atoms with van der Waals surface area (Å²) >= 11 is 1.96. The van der Waals surface area contributed by atoms with Gasteiger partial charge in [-0.1, -0.05) is 0 Å². The quantitative estimate of drug-likeness (QED) is 0.764. The Morgan fingerprint density at radius 2 is 2.20 bits per heavy atom. The average molecular weight is 228 g/mol. The second kappa shape index (κ2) is 5.75. The van der Waals surface area contributed by atoms with Crippen molar-refractivity contribution in [1.82, 2.24) is 10.2 Å². The van der Waals surface area contributed by atoms with Crippen LogP contribution in [0, 0.1) is 5.92 Å². The third-order valence-electron chi connectivity index (χ3n) is 3.23. The van der Waals surface area contributed by atoms with E-state index in [1.165, 1.54) is 12.8 Å². The Balaban J connectivity index is 1.74. The summed E-state index contributed by atoms with van der Waals surface area (Å²) in [6, 6.07) is 0. The lowest BCUT2D eigenvalue weighted by atomic mass is 9.95. The minimum atomic E-state index is 0.379. The molecule has 2 heterocycles. The van der Waals surface area contributed by atoms with Crippen molar-refractivity contribution in [3.8, 4) is 0 Å². The smallest absolute Gasteiger partial charge is 0.222 e. The van der Waals surface area contributed by atoms with Gasteiger partial charge in [-0.15, -0.1) is 0 Å². The summed E-state index contributed by atoms with van der Waals surface area (Å²) < 4.78 is 0. The zero-order valence-electron chi connectivity index (χ0n) is 9.21. The fraction of sp³-hybridized carbons (Fsp3) is 0.909. The van der Waals surface area contributed by atoms with Crippen LogP contribution in [0.4, 0.5) is 0 Å². The number of carbonyl (C=O) groups excluding carboxylic acids is 1. The molecule has 1 atom stereocenters. The monoisotopic (exact) mass is 228 g/mol. The number of hydrogen-bond acceptors (Lipinski definition) is 3. The minimum Gasteiger partial charge on any atom is -0.341 e. The van der Waals surface area contributed by atoms with Gasteiger partial charge in [-0.3, -0.25) is 4.79 Å². The average Bonchev–Trinajstić information content (AvgIpc) is 2.31. The first-order valence-corrected chi connectivity index (χ1v) is 7.08. The van der Waals surface area contributed by atoms with Gasteiger partial charge in [-0.25, -0.2) is 0 Å². The molecule has 0 spiro atoms. The van der Waals surface area contributed by atoms with E-state index in [9.17, 15) is 4.79 Å². The van der Waals surface area contributed by atoms with Crippen LogP contribution >= 0.6 is 11.8 Å². The molecule has 0 aliphatic carbocycles. The fourth-order valence-corrected chi connectivity index (χ4v) is 3.19. The Morgan fingerprint density at radius 3 is 2.87 bits per heavy atom. The number of nitrogens with one attached hydrogen (secondary N) is 1. The molecular formula is C11H20N2OS. The summed E-state index contributed by atoms with van der Waals surface area (Å²) in [5.74, 6) is 3.20. The number of amides is 1. The highest BCUT2D eigenvalue weighted by Gasteiger charge is 2.21. The largest absolute Gasteiger partial charge is 0.341 e. The van der Waals surface area contributed by atoms with E-state index in [-0.39, 0.29) is 0 Å². The van der Waals surface area contributed by atoms with Crippen LogP contribution in [-0.4, -0.2) is 48.5 Å². The second-order valence-electron chi connectivity index (χ2n) is 4.41. The summed E-state index contributed by atoms with van der Waals surface area (Å²) in [4.78, 5) is 14.0. The lowest BCUT2D eigenvalue weighted by Crippen LogP contribution is -2.40. The molecule has 1 N–H and O–H groups in total. The normalized spacial score (nSPS) is 27.7. The lowest BCUT2D eigenvalue weighted by molar-refractivity contribution is -0.131. The van der Waals surface area contributed by atoms with Crippen LogP contribution in [0.5, 0.6) is 0 Å². The van der Waals surface area contributed by atoms with Crippen LogP contribution in [0.1, 0.15) is 19.3 Å². The molecule has 2 aliphatic rings. The Kier molecular flexibility index (Phi) is 4.32. The number of piperidine rings is 1. The highest BCUT2D eigenvalue weighted by atomic mass is 32.2. The van der Waals surface area contributed by atoms with Gasteiger partial charge in [-0.05, 0) is 31.8 Å². The molecule has 1 amide bonds. The number of hydrogen-bond donors (Lipinski definition) is 1. The molecule has 2 fully saturated rings. The van der Waals surface area contributed by atoms with Crippen molar-refractivity contribution in [2.75, 3.05) is 37.7 Å². The molecule has 4 heteroatoms. The molecule has 2 saturated heterocycles. The van der Waals surface area contributed by atoms with Crippen molar-refractivity contribution in [3.63, 3.8) is 0 Å². The summed E-state index contributed by atoms with van der Waals surface area (Å²) in [7, 11) is 0. The SMILES string of the molecule is O=C(CC1CCCNC1)N1CCSCC1. The number of carbonyl (C=O) groups is 1. The molecule has 86 valence electrons. The van der Waals surface area contributed by atoms with Gasteiger partial charge >= 0.3 is 0 Å². The van der Waals surface area contributed by atoms with E-state index >= 15 is 0 Å². The van der Waals surface area contributed by atoms with E-state index < -0.39 is 0 Å². The van der Waals surface area contributed by atoms with Crippen LogP contribution in [0.3, 0.4) is 0 Å². The van der Waals surface area contributed by atoms with E-state index in [0.29, 0.717) is 11.8 Å². The van der Waals surface area contributed by atoms with Gasteiger partial charge in [0.2, 0.25) is 5.91 Å². The zero-order valence-corrected chi connectivity index (χ0v) is 10.0. The fourth-order valence-electron chi connectivity index (χ4n) is 2.29. The third kappa shape index (κ3) is 3.38. The Morgan fingerprint density at radius 1 is 1.40 bits per heavy atom. The minimum absolute atomic E-state index is 0.379. The standard InChI is InChI=1S/C11H20N2OS/c14-11(13-4-6-15-7-5-13)8-10-2-1-3-12-9-10/h10,12H,1-9H2. The van der Waals surface area contributed by atoms with Gasteiger partial charge in [0.05, 0.1) is 0 Å². The van der Waals surface area contributed by atoms with Gasteiger partial charge in [0.25, 0.3) is 0 Å². The highest BCUT2D eigenvalue weighted by molar-refractivity contribution is 7.99. The van der Waals surface area contributed by atoms with E-state index in [1.807, 2.05) is 16.7 Å². The van der Waals surface area contributed by atoms with E-state index in [2.05, 4.69) is 5.32 Å². The Hall–Kier alpha value is -0.220. The molecule has 2 aliphatic heterocycles. The van der Waals surface area contributed by atoms with E-state index in [4.69, 9.17) is 0 Å². The number of rotatable bonds is 2. The summed E-state index contributed by atoms with van der Waals surface area (Å²) in [5.41, 5.74) is 0. The Labute approximate surface area is 96.0 Å². The van der Waals surface area contributed by atoms with Gasteiger partial charge < -0.3 is 10.2 Å². The van der Waals surface area contributed by atoms with Crippen molar-refractivity contribution in [1.29, 1.82) is 0 Å². The molecule has 1 unspecified atom stereocenters. The molecule has 2 rings (SSSR count). The summed E-state index contributed by atoms with van der Waals surface area (Å²) in [6.07, 6.45) is 3.22. The zero-order chi connectivity index (χ0) is 10.5. The van der Waals surface area contributed by atoms with Crippen molar-refractivity contribution in [2.24, 2.45) is 5.92 Å². The van der Waals surface area contributed by atoms with E-state index in [1.54, 1.807) is 0 Å². The molecular weight excluding hydrogens is 208 g/mol. The van der Waals surface area contributed by atoms with Crippen molar-refractivity contribution < 1.29 is 4.79 Å². The molecule has 15 heavy (non-hydrogen) atoms. The molecule has 0 bridgehead atoms. The maximum absolute atomic E-state index is 12.0. The molecule has 0 radical (unpaired) electrons. The topological polar surface area (TPSA) is 32.3 Å². The predicted octanol–water partition coefficient (Wildman–Crippen LogP) is 0.952. The van der Waals surface area contributed by atoms with Crippen LogP contribution in [0.25, 0.3) is 0 Å². The molecule has 0 aromatic rings. The predicted molar refractivity (Wildman–Crippen MR) is 64.1 cm³/mol. The maximum Gasteiger partial charge on any atom is 0.222 e. The molecule has 0 aromatic carbocycles. The number of thioether (sulfide) groups is 1. The van der Waals surface area contributed by atoms with Crippen molar-refractivity contribution in [2.45, 2.75) is 19.3 Å². The highest BCUT2D eigenvalue weighted by Crippen LogP contribution is 2.17. The van der Waals surface area contributed by atoms with Gasteiger partial charge in [0.15, 0.2) is 0 Å². The first-order valence-electron chi connectivity index (χ1n) is 5.92. The van der Waals surface area contributed by atoms with Crippen LogP contribution < -0.4 is 5.32 Å². The van der Waals surface area contributed by atoms with Crippen LogP contribution in [0.15, 0.2) is 0 Å². The van der Waals surface area contributed by atoms with Crippen molar-refractivity contribution >= 4 is 17.7 Å². The first-order chi connectivity index (χ1) is 7.36. The lowest BCUT2D eigenvalue weighted by Gasteiger charge is -2.29. The molecule has 0 saturated carbocycles. The van der Waals surface area contributed by atoms with Gasteiger partial charge in [0.1, 0.15) is 0 Å². The van der Waals surface area contributed by atoms with Crippen molar-refractivity contribution in [3.05, 3.63) is 0 Å². The first kappa shape index (κ1) is 11.3. The maximum atomic E-state index is 12.0. The second-order valence-corrected chi connectivity index (χ2v) is 5.63. The number of nitrogens with zero attached hydrogens (tertiary/aromatic N) is 1. The van der Waals surface area contributed by atoms with Crippen LogP contribution in [0.2, 0.25) is 0 Å². The van der Waals surface area contributed by atoms with Gasteiger partial charge in [-0.2, -0.15) is 11.8 Å². The third-order valence-corrected chi connectivity index (χ3v) is 4.17. The van der Waals surface area contributed by atoms with Crippen LogP contribution in [-0.2, 0) is 4.79 Å². The van der Waals surface area contributed by atoms with E-state index in [0.717, 1.165) is 44.1 Å². The molecule has 3 nitrogen and oxygen atoms in total.